The molecule has 138 valence electrons. The predicted octanol–water partition coefficient (Wildman–Crippen LogP) is 3.16. The van der Waals surface area contributed by atoms with E-state index in [1.54, 1.807) is 18.2 Å². The quantitative estimate of drug-likeness (QED) is 0.889. The van der Waals surface area contributed by atoms with Crippen molar-refractivity contribution in [2.24, 2.45) is 11.3 Å². The third-order valence-electron chi connectivity index (χ3n) is 4.67. The van der Waals surface area contributed by atoms with E-state index >= 15 is 0 Å². The molecule has 1 aliphatic rings. The second-order valence-corrected chi connectivity index (χ2v) is 7.90. The summed E-state index contributed by atoms with van der Waals surface area (Å²) >= 11 is 0. The molecule has 1 fully saturated rings. The first-order valence-corrected chi connectivity index (χ1v) is 9.07. The van der Waals surface area contributed by atoms with Gasteiger partial charge in [0.15, 0.2) is 0 Å². The number of piperidine rings is 1. The van der Waals surface area contributed by atoms with E-state index in [2.05, 4.69) is 5.32 Å². The molecule has 1 saturated heterocycles. The third-order valence-corrected chi connectivity index (χ3v) is 4.67. The molecule has 1 heterocycles. The number of carbonyl (C=O) groups is 2. The van der Waals surface area contributed by atoms with Crippen molar-refractivity contribution >= 4 is 11.8 Å². The van der Waals surface area contributed by atoms with Gasteiger partial charge >= 0.3 is 0 Å². The van der Waals surface area contributed by atoms with E-state index in [9.17, 15) is 14.0 Å². The number of carbonyl (C=O) groups excluding carboxylic acids is 2. The molecule has 0 aliphatic carbocycles. The summed E-state index contributed by atoms with van der Waals surface area (Å²) < 4.78 is 13.7. The molecule has 0 saturated carbocycles. The lowest BCUT2D eigenvalue weighted by molar-refractivity contribution is -0.133. The summed E-state index contributed by atoms with van der Waals surface area (Å²) in [4.78, 5) is 26.3. The molecular formula is C20H29FN2O2. The highest BCUT2D eigenvalue weighted by Crippen LogP contribution is 2.19. The molecule has 0 bridgehead atoms. The van der Waals surface area contributed by atoms with E-state index < -0.39 is 5.41 Å². The monoisotopic (exact) mass is 348 g/mol. The lowest BCUT2D eigenvalue weighted by atomic mass is 9.94. The van der Waals surface area contributed by atoms with Crippen LogP contribution in [-0.4, -0.2) is 36.3 Å². The van der Waals surface area contributed by atoms with Gasteiger partial charge in [0, 0.05) is 31.5 Å². The van der Waals surface area contributed by atoms with E-state index in [1.807, 2.05) is 25.7 Å². The van der Waals surface area contributed by atoms with E-state index in [0.717, 1.165) is 19.4 Å². The zero-order chi connectivity index (χ0) is 18.4. The topological polar surface area (TPSA) is 49.4 Å². The maximum absolute atomic E-state index is 13.7. The number of amides is 2. The summed E-state index contributed by atoms with van der Waals surface area (Å²) in [7, 11) is 0. The van der Waals surface area contributed by atoms with Crippen LogP contribution in [0.15, 0.2) is 24.3 Å². The van der Waals surface area contributed by atoms with Gasteiger partial charge in [0.25, 0.3) is 0 Å². The number of benzene rings is 1. The summed E-state index contributed by atoms with van der Waals surface area (Å²) in [6.45, 7) is 7.69. The highest BCUT2D eigenvalue weighted by molar-refractivity contribution is 5.81. The Morgan fingerprint density at radius 2 is 2.00 bits per heavy atom. The normalized spacial score (nSPS) is 18.1. The van der Waals surface area contributed by atoms with E-state index in [-0.39, 0.29) is 23.5 Å². The van der Waals surface area contributed by atoms with Gasteiger partial charge in [-0.05, 0) is 36.8 Å². The molecule has 0 radical (unpaired) electrons. The van der Waals surface area contributed by atoms with Crippen LogP contribution >= 0.6 is 0 Å². The molecule has 0 spiro atoms. The van der Waals surface area contributed by atoms with Gasteiger partial charge in [0.1, 0.15) is 5.82 Å². The van der Waals surface area contributed by atoms with E-state index in [0.29, 0.717) is 31.5 Å². The third kappa shape index (κ3) is 5.83. The molecular weight excluding hydrogens is 319 g/mol. The molecule has 25 heavy (non-hydrogen) atoms. The zero-order valence-electron chi connectivity index (χ0n) is 15.5. The van der Waals surface area contributed by atoms with Crippen molar-refractivity contribution < 1.29 is 14.0 Å². The Morgan fingerprint density at radius 1 is 1.28 bits per heavy atom. The molecule has 1 aromatic carbocycles. The van der Waals surface area contributed by atoms with Crippen molar-refractivity contribution in [1.82, 2.24) is 10.2 Å². The Hall–Kier alpha value is -1.91. The van der Waals surface area contributed by atoms with Crippen LogP contribution in [-0.2, 0) is 16.0 Å². The number of rotatable bonds is 5. The summed E-state index contributed by atoms with van der Waals surface area (Å²) in [5, 5.41) is 2.99. The van der Waals surface area contributed by atoms with Gasteiger partial charge in [-0.25, -0.2) is 4.39 Å². The van der Waals surface area contributed by atoms with Crippen LogP contribution in [0, 0.1) is 17.2 Å². The molecule has 0 unspecified atom stereocenters. The highest BCUT2D eigenvalue weighted by atomic mass is 19.1. The van der Waals surface area contributed by atoms with Gasteiger partial charge in [-0.3, -0.25) is 9.59 Å². The Balaban J connectivity index is 1.81. The van der Waals surface area contributed by atoms with Crippen LogP contribution in [0.5, 0.6) is 0 Å². The van der Waals surface area contributed by atoms with Gasteiger partial charge in [-0.1, -0.05) is 39.0 Å². The SMILES string of the molecule is CC(C)(C)C(=O)NC[C@H]1CCCN(C(=O)CCc2ccccc2F)C1. The summed E-state index contributed by atoms with van der Waals surface area (Å²) in [6.07, 6.45) is 2.71. The molecule has 0 aromatic heterocycles. The molecule has 4 nitrogen and oxygen atoms in total. The summed E-state index contributed by atoms with van der Waals surface area (Å²) in [5.41, 5.74) is 0.186. The summed E-state index contributed by atoms with van der Waals surface area (Å²) in [5.74, 6) is 0.139. The van der Waals surface area contributed by atoms with Crippen LogP contribution < -0.4 is 5.32 Å². The molecule has 1 atom stereocenters. The van der Waals surface area contributed by atoms with E-state index in [4.69, 9.17) is 0 Å². The van der Waals surface area contributed by atoms with Crippen molar-refractivity contribution in [3.05, 3.63) is 35.6 Å². The second kappa shape index (κ2) is 8.45. The molecule has 2 rings (SSSR count). The molecule has 1 aliphatic heterocycles. The van der Waals surface area contributed by atoms with Crippen LogP contribution in [0.25, 0.3) is 0 Å². The first-order chi connectivity index (χ1) is 11.8. The van der Waals surface area contributed by atoms with Gasteiger partial charge in [-0.15, -0.1) is 0 Å². The van der Waals surface area contributed by atoms with Crippen LogP contribution in [0.4, 0.5) is 4.39 Å². The predicted molar refractivity (Wildman–Crippen MR) is 96.5 cm³/mol. The van der Waals surface area contributed by atoms with Crippen molar-refractivity contribution in [2.75, 3.05) is 19.6 Å². The average Bonchev–Trinajstić information content (AvgIpc) is 2.58. The number of aryl methyl sites for hydroxylation is 1. The lowest BCUT2D eigenvalue weighted by Gasteiger charge is -2.33. The molecule has 2 amide bonds. The van der Waals surface area contributed by atoms with Gasteiger partial charge in [-0.2, -0.15) is 0 Å². The molecule has 1 aromatic rings. The first kappa shape index (κ1) is 19.4. The highest BCUT2D eigenvalue weighted by Gasteiger charge is 2.26. The zero-order valence-corrected chi connectivity index (χ0v) is 15.5. The minimum absolute atomic E-state index is 0.0375. The number of nitrogens with one attached hydrogen (secondary N) is 1. The Kier molecular flexibility index (Phi) is 6.57. The number of halogens is 1. The minimum Gasteiger partial charge on any atom is -0.355 e. The van der Waals surface area contributed by atoms with E-state index in [1.165, 1.54) is 6.07 Å². The Bertz CT molecular complexity index is 610. The molecule has 5 heteroatoms. The Labute approximate surface area is 149 Å². The number of likely N-dealkylation sites (tertiary alicyclic amines) is 1. The van der Waals surface area contributed by atoms with Crippen molar-refractivity contribution in [1.29, 1.82) is 0 Å². The maximum Gasteiger partial charge on any atom is 0.225 e. The number of hydrogen-bond acceptors (Lipinski definition) is 2. The standard InChI is InChI=1S/C20H29FN2O2/c1-20(2,3)19(25)22-13-15-7-6-12-23(14-15)18(24)11-10-16-8-4-5-9-17(16)21/h4-5,8-9,15H,6-7,10-14H2,1-3H3,(H,22,25)/t15-/m1/s1. The first-order valence-electron chi connectivity index (χ1n) is 9.07. The maximum atomic E-state index is 13.7. The lowest BCUT2D eigenvalue weighted by Crippen LogP contribution is -2.45. The van der Waals surface area contributed by atoms with Gasteiger partial charge in [0.05, 0.1) is 0 Å². The van der Waals surface area contributed by atoms with Crippen LogP contribution in [0.3, 0.4) is 0 Å². The number of hydrogen-bond donors (Lipinski definition) is 1. The largest absolute Gasteiger partial charge is 0.355 e. The second-order valence-electron chi connectivity index (χ2n) is 7.90. The fraction of sp³-hybridized carbons (Fsp3) is 0.600. The fourth-order valence-electron chi connectivity index (χ4n) is 3.06. The van der Waals surface area contributed by atoms with Crippen molar-refractivity contribution in [3.8, 4) is 0 Å². The summed E-state index contributed by atoms with van der Waals surface area (Å²) in [6, 6.07) is 6.60. The average molecular weight is 348 g/mol. The smallest absolute Gasteiger partial charge is 0.225 e. The molecule has 1 N–H and O–H groups in total. The van der Waals surface area contributed by atoms with Crippen molar-refractivity contribution in [2.45, 2.75) is 46.5 Å². The van der Waals surface area contributed by atoms with Crippen molar-refractivity contribution in [3.63, 3.8) is 0 Å². The van der Waals surface area contributed by atoms with Gasteiger partial charge in [0.2, 0.25) is 11.8 Å². The van der Waals surface area contributed by atoms with Gasteiger partial charge < -0.3 is 10.2 Å². The van der Waals surface area contributed by atoms with Crippen LogP contribution in [0.2, 0.25) is 0 Å². The number of nitrogens with zero attached hydrogens (tertiary/aromatic N) is 1. The van der Waals surface area contributed by atoms with Crippen LogP contribution in [0.1, 0.15) is 45.6 Å². The Morgan fingerprint density at radius 3 is 2.68 bits per heavy atom. The fourth-order valence-corrected chi connectivity index (χ4v) is 3.06. The minimum atomic E-state index is -0.399.